The fourth-order valence-electron chi connectivity index (χ4n) is 10.3. The molecule has 0 radical (unpaired) electrons. The third-order valence-electron chi connectivity index (χ3n) is 13.5. The number of nitrogens with zero attached hydrogens (tertiary/aromatic N) is 4. The molecule has 0 saturated heterocycles. The van der Waals surface area contributed by atoms with Crippen molar-refractivity contribution in [1.29, 1.82) is 5.26 Å². The van der Waals surface area contributed by atoms with Gasteiger partial charge in [0.2, 0.25) is 0 Å². The first-order chi connectivity index (χ1) is 36.2. The van der Waals surface area contributed by atoms with Crippen LogP contribution in [0.3, 0.4) is 0 Å². The molecule has 0 aliphatic rings. The van der Waals surface area contributed by atoms with Crippen LogP contribution in [0.2, 0.25) is 0 Å². The Balaban J connectivity index is 1.12. The Labute approximate surface area is 424 Å². The van der Waals surface area contributed by atoms with Crippen LogP contribution in [0.15, 0.2) is 231 Å². The summed E-state index contributed by atoms with van der Waals surface area (Å²) >= 11 is 0. The molecule has 0 bridgehead atoms. The van der Waals surface area contributed by atoms with E-state index in [0.29, 0.717) is 78.5 Å². The van der Waals surface area contributed by atoms with Crippen molar-refractivity contribution >= 4 is 72.1 Å². The van der Waals surface area contributed by atoms with E-state index in [1.54, 1.807) is 36.4 Å². The largest absolute Gasteiger partial charge is 0.311 e. The van der Waals surface area contributed by atoms with Gasteiger partial charge in [-0.05, 0) is 193 Å². The molecular weight excluding hydrogens is 925 g/mol. The zero-order valence-electron chi connectivity index (χ0n) is 39.2. The molecule has 0 aliphatic heterocycles. The van der Waals surface area contributed by atoms with E-state index in [0.717, 1.165) is 43.7 Å². The van der Waals surface area contributed by atoms with Crippen molar-refractivity contribution in [3.05, 3.63) is 271 Å². The Hall–Kier alpha value is -10.0. The number of benzene rings is 12. The molecule has 0 amide bonds. The molecule has 4 nitrogen and oxygen atoms in total. The van der Waals surface area contributed by atoms with Crippen LogP contribution in [0.4, 0.5) is 57.4 Å². The molecule has 0 unspecified atom stereocenters. The van der Waals surface area contributed by atoms with Crippen LogP contribution < -0.4 is 9.80 Å². The number of hydrogen-bond donors (Lipinski definition) is 0. The van der Waals surface area contributed by atoms with Gasteiger partial charge in [0.1, 0.15) is 23.3 Å². The summed E-state index contributed by atoms with van der Waals surface area (Å²) in [6.45, 7) is 8.01. The molecule has 8 heteroatoms. The van der Waals surface area contributed by atoms with Gasteiger partial charge in [-0.2, -0.15) is 5.26 Å². The highest BCUT2D eigenvalue weighted by Gasteiger charge is 2.24. The van der Waals surface area contributed by atoms with Crippen LogP contribution in [-0.2, 0) is 0 Å². The minimum absolute atomic E-state index is 0.393. The highest BCUT2D eigenvalue weighted by atomic mass is 19.1. The maximum atomic E-state index is 15.0. The number of nitriles is 1. The van der Waals surface area contributed by atoms with Gasteiger partial charge in [-0.1, -0.05) is 103 Å². The van der Waals surface area contributed by atoms with Crippen LogP contribution in [0.25, 0.3) is 81.7 Å². The maximum absolute atomic E-state index is 15.0. The Morgan fingerprint density at radius 1 is 0.351 bits per heavy atom. The van der Waals surface area contributed by atoms with E-state index in [2.05, 4.69) is 69.2 Å². The van der Waals surface area contributed by atoms with Gasteiger partial charge in [0, 0.05) is 33.5 Å². The molecule has 0 aliphatic carbocycles. The predicted molar refractivity (Wildman–Crippen MR) is 292 cm³/mol. The van der Waals surface area contributed by atoms with Crippen LogP contribution >= 0.6 is 0 Å². The number of anilines is 6. The van der Waals surface area contributed by atoms with E-state index in [-0.39, 0.29) is 0 Å². The SMILES string of the molecule is [C-]#[N+]c1cccc(N(c2cc(-c3cccc(F)c3)cc(-c3cccc(F)c3)c2)c2ccc3ccc4c(N(c5cccc(C#N)c5)c5cc(-c6cccc(F)c6)cc(-c6cccc(F)c6)c5)ccc5ccc2c3c54)c1. The summed E-state index contributed by atoms with van der Waals surface area (Å²) in [4.78, 5) is 7.99. The molecule has 0 heterocycles. The smallest absolute Gasteiger partial charge is 0.189 e. The Kier molecular flexibility index (Phi) is 11.4. The van der Waals surface area contributed by atoms with Gasteiger partial charge in [0.25, 0.3) is 0 Å². The minimum Gasteiger partial charge on any atom is -0.311 e. The summed E-state index contributed by atoms with van der Waals surface area (Å²) in [5, 5.41) is 15.9. The van der Waals surface area contributed by atoms with Crippen molar-refractivity contribution in [1.82, 2.24) is 0 Å². The summed E-state index contributed by atoms with van der Waals surface area (Å²) in [6, 6.07) is 71.1. The van der Waals surface area contributed by atoms with E-state index in [1.165, 1.54) is 48.5 Å². The van der Waals surface area contributed by atoms with Gasteiger partial charge >= 0.3 is 0 Å². The van der Waals surface area contributed by atoms with Gasteiger partial charge in [-0.3, -0.25) is 0 Å². The summed E-state index contributed by atoms with van der Waals surface area (Å²) < 4.78 is 59.8. The Morgan fingerprint density at radius 2 is 0.730 bits per heavy atom. The monoisotopic (exact) mass is 962 g/mol. The zero-order chi connectivity index (χ0) is 50.5. The second-order valence-corrected chi connectivity index (χ2v) is 18.1. The maximum Gasteiger partial charge on any atom is 0.189 e. The first-order valence-corrected chi connectivity index (χ1v) is 23.8. The summed E-state index contributed by atoms with van der Waals surface area (Å²) in [5.74, 6) is -1.57. The average molecular weight is 963 g/mol. The molecule has 12 rings (SSSR count). The van der Waals surface area contributed by atoms with Crippen molar-refractivity contribution in [3.8, 4) is 50.6 Å². The molecule has 0 atom stereocenters. The van der Waals surface area contributed by atoms with E-state index < -0.39 is 23.3 Å². The molecule has 0 aromatic heterocycles. The third-order valence-corrected chi connectivity index (χ3v) is 13.5. The molecule has 350 valence electrons. The van der Waals surface area contributed by atoms with Crippen molar-refractivity contribution in [2.24, 2.45) is 0 Å². The molecule has 12 aromatic rings. The van der Waals surface area contributed by atoms with Gasteiger partial charge in [0.15, 0.2) is 5.69 Å². The first-order valence-electron chi connectivity index (χ1n) is 23.8. The van der Waals surface area contributed by atoms with Gasteiger partial charge in [-0.15, -0.1) is 0 Å². The minimum atomic E-state index is -0.395. The molecule has 74 heavy (non-hydrogen) atoms. The van der Waals surface area contributed by atoms with Gasteiger partial charge in [-0.25, -0.2) is 22.4 Å². The van der Waals surface area contributed by atoms with Crippen molar-refractivity contribution in [2.45, 2.75) is 0 Å². The zero-order valence-corrected chi connectivity index (χ0v) is 39.2. The quantitative estimate of drug-likeness (QED) is 0.0778. The van der Waals surface area contributed by atoms with Crippen LogP contribution in [0.1, 0.15) is 5.56 Å². The van der Waals surface area contributed by atoms with E-state index in [9.17, 15) is 22.8 Å². The molecular formula is C66H38F4N4. The van der Waals surface area contributed by atoms with Gasteiger partial charge < -0.3 is 9.80 Å². The Morgan fingerprint density at radius 3 is 1.12 bits per heavy atom. The van der Waals surface area contributed by atoms with Crippen molar-refractivity contribution in [2.75, 3.05) is 9.80 Å². The summed E-state index contributed by atoms with van der Waals surface area (Å²) in [7, 11) is 0. The number of hydrogen-bond acceptors (Lipinski definition) is 3. The second-order valence-electron chi connectivity index (χ2n) is 18.1. The fourth-order valence-corrected chi connectivity index (χ4v) is 10.3. The van der Waals surface area contributed by atoms with E-state index in [1.807, 2.05) is 97.1 Å². The normalized spacial score (nSPS) is 11.2. The topological polar surface area (TPSA) is 34.6 Å². The molecule has 0 saturated carbocycles. The molecule has 0 N–H and O–H groups in total. The summed E-state index contributed by atoms with van der Waals surface area (Å²) in [6.07, 6.45) is 0. The third kappa shape index (κ3) is 8.37. The van der Waals surface area contributed by atoms with E-state index in [4.69, 9.17) is 6.57 Å². The summed E-state index contributed by atoms with van der Waals surface area (Å²) in [5.41, 5.74) is 10.6. The lowest BCUT2D eigenvalue weighted by Gasteiger charge is -2.30. The highest BCUT2D eigenvalue weighted by Crippen LogP contribution is 2.49. The van der Waals surface area contributed by atoms with Crippen LogP contribution in [-0.4, -0.2) is 0 Å². The highest BCUT2D eigenvalue weighted by molar-refractivity contribution is 6.28. The van der Waals surface area contributed by atoms with Crippen molar-refractivity contribution in [3.63, 3.8) is 0 Å². The van der Waals surface area contributed by atoms with Gasteiger partial charge in [0.05, 0.1) is 29.6 Å². The lowest BCUT2D eigenvalue weighted by atomic mass is 9.91. The predicted octanol–water partition coefficient (Wildman–Crippen LogP) is 19.2. The molecule has 0 fully saturated rings. The second kappa shape index (κ2) is 18.6. The lowest BCUT2D eigenvalue weighted by Crippen LogP contribution is -2.12. The Bertz CT molecular complexity index is 3860. The lowest BCUT2D eigenvalue weighted by molar-refractivity contribution is 0.628. The number of rotatable bonds is 10. The first kappa shape index (κ1) is 45.1. The van der Waals surface area contributed by atoms with E-state index >= 15 is 0 Å². The average Bonchev–Trinajstić information content (AvgIpc) is 3.43. The molecule has 12 aromatic carbocycles. The number of halogens is 4. The van der Waals surface area contributed by atoms with Crippen molar-refractivity contribution < 1.29 is 17.6 Å². The standard InChI is InChI=1S/C66H38F4N4/c1-72-56-17-7-19-58(39-56)74(60-37-50(46-11-5-15-54(69)33-46)30-51(38-60)47-12-6-16-55(70)34-47)64-27-23-43-20-24-61-63(26-22-42-21-25-62(64)66(43)65(42)61)73(57-18-2-8-41(28-57)40-71)59-35-48(44-9-3-13-52(67)31-44)29-49(36-59)45-10-4-14-53(68)32-45/h2-39H. The van der Waals surface area contributed by atoms with Crippen LogP contribution in [0.5, 0.6) is 0 Å². The fraction of sp³-hybridized carbons (Fsp3) is 0. The van der Waals surface area contributed by atoms with Crippen LogP contribution in [0, 0.1) is 41.2 Å². The molecule has 0 spiro atoms.